The fourth-order valence-corrected chi connectivity index (χ4v) is 0.698. The summed E-state index contributed by atoms with van der Waals surface area (Å²) in [6.45, 7) is 0. The van der Waals surface area contributed by atoms with Crippen LogP contribution in [0.1, 0.15) is 0 Å². The van der Waals surface area contributed by atoms with Crippen molar-refractivity contribution in [1.82, 2.24) is 0 Å². The summed E-state index contributed by atoms with van der Waals surface area (Å²) >= 11 is 0. The van der Waals surface area contributed by atoms with Gasteiger partial charge in [-0.1, -0.05) is 23.7 Å². The third-order valence-electron chi connectivity index (χ3n) is 1.14. The Kier molecular flexibility index (Phi) is 2.31. The minimum atomic E-state index is -4.69. The predicted octanol–water partition coefficient (Wildman–Crippen LogP) is 1.38. The average molecular weight is 172 g/mol. The fourth-order valence-electron chi connectivity index (χ4n) is 0.698. The van der Waals surface area contributed by atoms with E-state index < -0.39 is 6.36 Å². The van der Waals surface area contributed by atoms with Crippen molar-refractivity contribution >= 4 is 13.3 Å². The number of ether oxygens (including phenoxy) is 1. The molecule has 0 spiro atoms. The van der Waals surface area contributed by atoms with Crippen molar-refractivity contribution in [3.8, 4) is 5.75 Å². The molecule has 5 heteroatoms. The number of hydrogen-bond donors (Lipinski definition) is 0. The highest BCUT2D eigenvalue weighted by molar-refractivity contribution is 6.34. The lowest BCUT2D eigenvalue weighted by atomic mass is 9.95. The molecule has 0 N–H and O–H groups in total. The molecule has 0 aliphatic rings. The van der Waals surface area contributed by atoms with E-state index in [4.69, 9.17) is 7.85 Å². The van der Waals surface area contributed by atoms with E-state index in [-0.39, 0.29) is 11.2 Å². The van der Waals surface area contributed by atoms with E-state index in [2.05, 4.69) is 4.74 Å². The quantitative estimate of drug-likeness (QED) is 0.581. The Hall–Kier alpha value is -1.13. The number of rotatable bonds is 1. The van der Waals surface area contributed by atoms with Gasteiger partial charge in [0.25, 0.3) is 0 Å². The van der Waals surface area contributed by atoms with Crippen LogP contribution in [0.3, 0.4) is 0 Å². The van der Waals surface area contributed by atoms with Gasteiger partial charge >= 0.3 is 6.36 Å². The van der Waals surface area contributed by atoms with Crippen LogP contribution in [0.15, 0.2) is 24.3 Å². The first-order valence-electron chi connectivity index (χ1n) is 3.09. The largest absolute Gasteiger partial charge is 0.573 e. The average Bonchev–Trinajstić information content (AvgIpc) is 1.91. The van der Waals surface area contributed by atoms with Crippen molar-refractivity contribution in [1.29, 1.82) is 0 Å². The van der Waals surface area contributed by atoms with Gasteiger partial charge in [0.15, 0.2) is 0 Å². The van der Waals surface area contributed by atoms with Gasteiger partial charge in [-0.2, -0.15) is 0 Å². The van der Waals surface area contributed by atoms with Crippen LogP contribution in [0, 0.1) is 0 Å². The van der Waals surface area contributed by atoms with Crippen molar-refractivity contribution in [3.63, 3.8) is 0 Å². The predicted molar refractivity (Wildman–Crippen MR) is 38.5 cm³/mol. The third-order valence-corrected chi connectivity index (χ3v) is 1.14. The molecule has 0 amide bonds. The zero-order valence-electron chi connectivity index (χ0n) is 5.93. The molecular weight excluding hydrogens is 168 g/mol. The van der Waals surface area contributed by atoms with E-state index in [1.165, 1.54) is 18.2 Å². The van der Waals surface area contributed by atoms with Crippen LogP contribution in [0.2, 0.25) is 0 Å². The Labute approximate surface area is 68.6 Å². The van der Waals surface area contributed by atoms with Gasteiger partial charge in [-0.3, -0.25) is 0 Å². The van der Waals surface area contributed by atoms with E-state index in [0.29, 0.717) is 0 Å². The van der Waals surface area contributed by atoms with Crippen LogP contribution in [0.5, 0.6) is 5.75 Å². The molecule has 0 aliphatic carbocycles. The molecule has 0 unspecified atom stereocenters. The van der Waals surface area contributed by atoms with E-state index in [1.54, 1.807) is 0 Å². The second-order valence-electron chi connectivity index (χ2n) is 2.09. The summed E-state index contributed by atoms with van der Waals surface area (Å²) in [7, 11) is 5.20. The van der Waals surface area contributed by atoms with E-state index in [0.717, 1.165) is 6.07 Å². The van der Waals surface area contributed by atoms with Crippen LogP contribution in [-0.2, 0) is 0 Å². The molecule has 12 heavy (non-hydrogen) atoms. The number of benzene rings is 1. The van der Waals surface area contributed by atoms with Gasteiger partial charge in [-0.15, -0.1) is 13.2 Å². The highest BCUT2D eigenvalue weighted by Crippen LogP contribution is 2.19. The summed E-state index contributed by atoms with van der Waals surface area (Å²) < 4.78 is 38.5. The summed E-state index contributed by atoms with van der Waals surface area (Å²) in [5.41, 5.74) is -0.0326. The molecule has 1 aromatic rings. The van der Waals surface area contributed by atoms with Gasteiger partial charge in [0.2, 0.25) is 0 Å². The van der Waals surface area contributed by atoms with Gasteiger partial charge in [0, 0.05) is 0 Å². The van der Waals surface area contributed by atoms with Gasteiger partial charge in [-0.25, -0.2) is 0 Å². The van der Waals surface area contributed by atoms with E-state index in [1.807, 2.05) is 0 Å². The van der Waals surface area contributed by atoms with Gasteiger partial charge in [0.05, 0.1) is 0 Å². The fraction of sp³-hybridized carbons (Fsp3) is 0.143. The Balaban J connectivity index is 2.83. The van der Waals surface area contributed by atoms with E-state index in [9.17, 15) is 13.2 Å². The summed E-state index contributed by atoms with van der Waals surface area (Å²) in [4.78, 5) is 0. The summed E-state index contributed by atoms with van der Waals surface area (Å²) in [6, 6.07) is 5.43. The highest BCUT2D eigenvalue weighted by Gasteiger charge is 2.31. The molecule has 0 aromatic heterocycles. The monoisotopic (exact) mass is 172 g/mol. The van der Waals surface area contributed by atoms with Gasteiger partial charge in [0.1, 0.15) is 13.6 Å². The molecular formula is C7H4BF3O. The smallest absolute Gasteiger partial charge is 0.406 e. The summed E-state index contributed by atoms with van der Waals surface area (Å²) in [5.74, 6) is -0.370. The van der Waals surface area contributed by atoms with Crippen LogP contribution in [-0.4, -0.2) is 14.2 Å². The lowest BCUT2D eigenvalue weighted by molar-refractivity contribution is -0.274. The highest BCUT2D eigenvalue weighted by atomic mass is 19.4. The number of para-hydroxylation sites is 1. The maximum atomic E-state index is 11.6. The van der Waals surface area contributed by atoms with Crippen LogP contribution < -0.4 is 10.2 Å². The maximum Gasteiger partial charge on any atom is 0.573 e. The molecule has 0 bridgehead atoms. The first kappa shape index (κ1) is 8.97. The van der Waals surface area contributed by atoms with Crippen LogP contribution in [0.25, 0.3) is 0 Å². The Morgan fingerprint density at radius 1 is 1.17 bits per heavy atom. The topological polar surface area (TPSA) is 9.23 Å². The minimum Gasteiger partial charge on any atom is -0.406 e. The molecule has 0 fully saturated rings. The molecule has 1 aromatic carbocycles. The van der Waals surface area contributed by atoms with Crippen molar-refractivity contribution in [2.75, 3.05) is 0 Å². The third kappa shape index (κ3) is 2.49. The maximum absolute atomic E-state index is 11.6. The molecule has 62 valence electrons. The second kappa shape index (κ2) is 3.09. The first-order chi connectivity index (χ1) is 5.49. The zero-order chi connectivity index (χ0) is 9.19. The molecule has 0 saturated heterocycles. The molecule has 0 aliphatic heterocycles. The molecule has 0 saturated carbocycles. The molecule has 2 radical (unpaired) electrons. The van der Waals surface area contributed by atoms with Crippen LogP contribution in [0.4, 0.5) is 13.2 Å². The number of hydrogen-bond acceptors (Lipinski definition) is 1. The molecule has 0 heterocycles. The number of alkyl halides is 3. The lowest BCUT2D eigenvalue weighted by Crippen LogP contribution is -2.21. The Morgan fingerprint density at radius 3 is 2.25 bits per heavy atom. The Bertz CT molecular complexity index is 272. The Morgan fingerprint density at radius 2 is 1.75 bits per heavy atom. The minimum absolute atomic E-state index is 0.0326. The van der Waals surface area contributed by atoms with Crippen molar-refractivity contribution in [2.45, 2.75) is 6.36 Å². The SMILES string of the molecule is [B]c1ccccc1OC(F)(F)F. The number of halogens is 3. The van der Waals surface area contributed by atoms with Crippen molar-refractivity contribution in [3.05, 3.63) is 24.3 Å². The lowest BCUT2D eigenvalue weighted by Gasteiger charge is -2.10. The van der Waals surface area contributed by atoms with Crippen LogP contribution >= 0.6 is 0 Å². The summed E-state index contributed by atoms with van der Waals surface area (Å²) in [6.07, 6.45) is -4.69. The van der Waals surface area contributed by atoms with Crippen molar-refractivity contribution < 1.29 is 17.9 Å². The van der Waals surface area contributed by atoms with Gasteiger partial charge in [-0.05, 0) is 6.07 Å². The molecule has 0 atom stereocenters. The molecule has 1 rings (SSSR count). The first-order valence-corrected chi connectivity index (χ1v) is 3.09. The van der Waals surface area contributed by atoms with Crippen molar-refractivity contribution in [2.24, 2.45) is 0 Å². The second-order valence-corrected chi connectivity index (χ2v) is 2.09. The molecule has 1 nitrogen and oxygen atoms in total. The zero-order valence-corrected chi connectivity index (χ0v) is 5.93. The normalized spacial score (nSPS) is 11.2. The van der Waals surface area contributed by atoms with E-state index >= 15 is 0 Å². The van der Waals surface area contributed by atoms with Gasteiger partial charge < -0.3 is 4.74 Å². The standard InChI is InChI=1S/C7H4BF3O/c8-5-3-1-2-4-6(5)12-7(9,10)11/h1-4H. The summed E-state index contributed by atoms with van der Waals surface area (Å²) in [5, 5.41) is 0.